The van der Waals surface area contributed by atoms with Crippen LogP contribution in [-0.2, 0) is 4.79 Å². The molecule has 6 heteroatoms. The highest BCUT2D eigenvalue weighted by molar-refractivity contribution is 5.94. The molecule has 0 bridgehead atoms. The number of rotatable bonds is 3. The fraction of sp³-hybridized carbons (Fsp3) is 0.667. The van der Waals surface area contributed by atoms with E-state index in [1.807, 2.05) is 13.8 Å². The molecule has 0 unspecified atom stereocenters. The Morgan fingerprint density at radius 2 is 2.24 bits per heavy atom. The monoisotopic (exact) mass is 291 g/mol. The predicted octanol–water partition coefficient (Wildman–Crippen LogP) is 1.79. The maximum atomic E-state index is 12.6. The van der Waals surface area contributed by atoms with Crippen molar-refractivity contribution >= 4 is 11.9 Å². The van der Waals surface area contributed by atoms with Gasteiger partial charge in [0.1, 0.15) is 0 Å². The van der Waals surface area contributed by atoms with Gasteiger partial charge in [0.05, 0.1) is 17.2 Å². The van der Waals surface area contributed by atoms with Crippen LogP contribution < -0.4 is 0 Å². The molecule has 1 saturated carbocycles. The lowest BCUT2D eigenvalue weighted by Crippen LogP contribution is -2.37. The van der Waals surface area contributed by atoms with Crippen molar-refractivity contribution in [1.82, 2.24) is 14.7 Å². The number of carbonyl (C=O) groups excluding carboxylic acids is 1. The second kappa shape index (κ2) is 4.86. The maximum absolute atomic E-state index is 12.6. The average Bonchev–Trinajstić information content (AvgIpc) is 3.11. The fourth-order valence-electron chi connectivity index (χ4n) is 3.71. The molecule has 1 aromatic rings. The molecule has 2 aliphatic rings. The predicted molar refractivity (Wildman–Crippen MR) is 75.9 cm³/mol. The van der Waals surface area contributed by atoms with Crippen LogP contribution in [0.3, 0.4) is 0 Å². The molecule has 6 nitrogen and oxygen atoms in total. The number of likely N-dealkylation sites (tertiary alicyclic amines) is 1. The van der Waals surface area contributed by atoms with E-state index in [-0.39, 0.29) is 17.9 Å². The summed E-state index contributed by atoms with van der Waals surface area (Å²) in [4.78, 5) is 25.9. The summed E-state index contributed by atoms with van der Waals surface area (Å²) < 4.78 is 1.75. The number of nitrogens with zero attached hydrogens (tertiary/aromatic N) is 3. The molecule has 1 aliphatic carbocycles. The highest BCUT2D eigenvalue weighted by Gasteiger charge is 2.55. The minimum atomic E-state index is -0.752. The molecule has 3 rings (SSSR count). The van der Waals surface area contributed by atoms with Crippen LogP contribution in [0.4, 0.5) is 0 Å². The normalized spacial score (nSPS) is 28.1. The van der Waals surface area contributed by atoms with Crippen LogP contribution in [0.25, 0.3) is 0 Å². The molecule has 0 radical (unpaired) electrons. The smallest absolute Gasteiger partial charge is 0.311 e. The Hall–Kier alpha value is -1.85. The number of hydrogen-bond acceptors (Lipinski definition) is 3. The molecule has 0 aromatic carbocycles. The summed E-state index contributed by atoms with van der Waals surface area (Å²) in [5, 5.41) is 13.8. The number of carboxylic acid groups (broad SMARTS) is 1. The van der Waals surface area contributed by atoms with Gasteiger partial charge in [-0.15, -0.1) is 0 Å². The zero-order valence-electron chi connectivity index (χ0n) is 12.5. The van der Waals surface area contributed by atoms with Crippen molar-refractivity contribution in [3.05, 3.63) is 18.0 Å². The minimum absolute atomic E-state index is 0.0964. The zero-order valence-corrected chi connectivity index (χ0v) is 12.5. The average molecular weight is 291 g/mol. The first-order valence-electron chi connectivity index (χ1n) is 7.51. The van der Waals surface area contributed by atoms with Gasteiger partial charge in [-0.25, -0.2) is 0 Å². The lowest BCUT2D eigenvalue weighted by molar-refractivity contribution is -0.149. The Kier molecular flexibility index (Phi) is 3.26. The van der Waals surface area contributed by atoms with Crippen LogP contribution in [0.15, 0.2) is 12.4 Å². The number of aliphatic carboxylic acids is 1. The Morgan fingerprint density at radius 1 is 1.48 bits per heavy atom. The van der Waals surface area contributed by atoms with E-state index in [0.717, 1.165) is 12.8 Å². The van der Waals surface area contributed by atoms with E-state index in [1.54, 1.807) is 22.0 Å². The van der Waals surface area contributed by atoms with E-state index in [9.17, 15) is 14.7 Å². The quantitative estimate of drug-likeness (QED) is 0.921. The zero-order chi connectivity index (χ0) is 15.2. The highest BCUT2D eigenvalue weighted by atomic mass is 16.4. The number of amides is 1. The molecule has 2 fully saturated rings. The molecule has 2 atom stereocenters. The first-order chi connectivity index (χ1) is 9.94. The van der Waals surface area contributed by atoms with Crippen molar-refractivity contribution in [3.63, 3.8) is 0 Å². The number of carbonyl (C=O) groups is 2. The Balaban J connectivity index is 1.79. The van der Waals surface area contributed by atoms with E-state index < -0.39 is 11.4 Å². The minimum Gasteiger partial charge on any atom is -0.481 e. The molecular weight excluding hydrogens is 270 g/mol. The first-order valence-corrected chi connectivity index (χ1v) is 7.51. The summed E-state index contributed by atoms with van der Waals surface area (Å²) >= 11 is 0. The van der Waals surface area contributed by atoms with Crippen LogP contribution in [0.1, 0.15) is 49.5 Å². The Labute approximate surface area is 123 Å². The fourth-order valence-corrected chi connectivity index (χ4v) is 3.71. The van der Waals surface area contributed by atoms with Crippen molar-refractivity contribution in [2.75, 3.05) is 13.1 Å². The van der Waals surface area contributed by atoms with E-state index in [0.29, 0.717) is 25.1 Å². The molecule has 1 aromatic heterocycles. The SMILES string of the molecule is CC(C)n1cc(C(=O)N2C[C@@H]3CCC[C@@]3(C(=O)O)C2)cn1. The van der Waals surface area contributed by atoms with Crippen molar-refractivity contribution < 1.29 is 14.7 Å². The summed E-state index contributed by atoms with van der Waals surface area (Å²) in [7, 11) is 0. The van der Waals surface area contributed by atoms with Gasteiger partial charge >= 0.3 is 5.97 Å². The Morgan fingerprint density at radius 3 is 2.81 bits per heavy atom. The summed E-state index contributed by atoms with van der Waals surface area (Å²) in [6.07, 6.45) is 5.85. The molecule has 1 aliphatic heterocycles. The first kappa shape index (κ1) is 14.1. The van der Waals surface area contributed by atoms with Crippen LogP contribution in [0.5, 0.6) is 0 Å². The van der Waals surface area contributed by atoms with E-state index >= 15 is 0 Å². The molecule has 2 heterocycles. The maximum Gasteiger partial charge on any atom is 0.311 e. The summed E-state index contributed by atoms with van der Waals surface area (Å²) in [5.74, 6) is -0.755. The largest absolute Gasteiger partial charge is 0.481 e. The Bertz CT molecular complexity index is 580. The summed E-state index contributed by atoms with van der Waals surface area (Å²) in [5.41, 5.74) is -0.173. The molecule has 1 N–H and O–H groups in total. The second-order valence-electron chi connectivity index (χ2n) is 6.54. The van der Waals surface area contributed by atoms with Crippen LogP contribution in [-0.4, -0.2) is 44.8 Å². The van der Waals surface area contributed by atoms with Gasteiger partial charge in [0, 0.05) is 25.3 Å². The van der Waals surface area contributed by atoms with Gasteiger partial charge in [-0.3, -0.25) is 14.3 Å². The lowest BCUT2D eigenvalue weighted by Gasteiger charge is -2.23. The third-order valence-corrected chi connectivity index (χ3v) is 4.96. The van der Waals surface area contributed by atoms with Crippen LogP contribution >= 0.6 is 0 Å². The number of aromatic nitrogens is 2. The van der Waals surface area contributed by atoms with Crippen molar-refractivity contribution in [2.45, 2.75) is 39.2 Å². The molecule has 114 valence electrons. The van der Waals surface area contributed by atoms with Gasteiger partial charge in [-0.05, 0) is 32.6 Å². The third-order valence-electron chi connectivity index (χ3n) is 4.96. The second-order valence-corrected chi connectivity index (χ2v) is 6.54. The van der Waals surface area contributed by atoms with Gasteiger partial charge in [0.25, 0.3) is 5.91 Å². The third kappa shape index (κ3) is 2.13. The van der Waals surface area contributed by atoms with Gasteiger partial charge in [0.2, 0.25) is 0 Å². The van der Waals surface area contributed by atoms with E-state index in [1.165, 1.54) is 0 Å². The van der Waals surface area contributed by atoms with Crippen LogP contribution in [0, 0.1) is 11.3 Å². The summed E-state index contributed by atoms with van der Waals surface area (Å²) in [6, 6.07) is 0.204. The highest BCUT2D eigenvalue weighted by Crippen LogP contribution is 2.49. The van der Waals surface area contributed by atoms with E-state index in [4.69, 9.17) is 0 Å². The van der Waals surface area contributed by atoms with Crippen molar-refractivity contribution in [1.29, 1.82) is 0 Å². The van der Waals surface area contributed by atoms with Crippen molar-refractivity contribution in [2.24, 2.45) is 11.3 Å². The molecule has 1 amide bonds. The molecule has 0 spiro atoms. The van der Waals surface area contributed by atoms with Gasteiger partial charge in [-0.2, -0.15) is 5.10 Å². The van der Waals surface area contributed by atoms with Gasteiger partial charge in [0.15, 0.2) is 0 Å². The lowest BCUT2D eigenvalue weighted by atomic mass is 9.81. The summed E-state index contributed by atoms with van der Waals surface area (Å²) in [6.45, 7) is 4.89. The van der Waals surface area contributed by atoms with Crippen molar-refractivity contribution in [3.8, 4) is 0 Å². The number of carboxylic acids is 1. The number of hydrogen-bond donors (Lipinski definition) is 1. The molecule has 21 heavy (non-hydrogen) atoms. The van der Waals surface area contributed by atoms with Crippen LogP contribution in [0.2, 0.25) is 0 Å². The molecule has 1 saturated heterocycles. The van der Waals surface area contributed by atoms with Gasteiger partial charge in [-0.1, -0.05) is 6.42 Å². The topological polar surface area (TPSA) is 75.4 Å². The van der Waals surface area contributed by atoms with E-state index in [2.05, 4.69) is 5.10 Å². The standard InChI is InChI=1S/C15H21N3O3/c1-10(2)18-7-11(6-16-18)13(19)17-8-12-4-3-5-15(12,9-17)14(20)21/h6-7,10,12H,3-5,8-9H2,1-2H3,(H,20,21)/t12-,15+/m0/s1. The van der Waals surface area contributed by atoms with Gasteiger partial charge < -0.3 is 10.0 Å². The molecular formula is C15H21N3O3. The number of fused-ring (bicyclic) bond motifs is 1.